The number of esters is 2. The highest BCUT2D eigenvalue weighted by atomic mass is 32.1. The first-order chi connectivity index (χ1) is 53.2. The summed E-state index contributed by atoms with van der Waals surface area (Å²) in [7, 11) is 6.45. The Labute approximate surface area is 652 Å². The largest absolute Gasteiger partial charge is 0.436 e. The van der Waals surface area contributed by atoms with Crippen LogP contribution >= 0.6 is 22.7 Å². The van der Waals surface area contributed by atoms with Gasteiger partial charge < -0.3 is 48.0 Å². The molecule has 6 aromatic carbocycles. The number of nitrogens with zero attached hydrogens (tertiary/aromatic N) is 8. The predicted molar refractivity (Wildman–Crippen MR) is 425 cm³/mol. The highest BCUT2D eigenvalue weighted by Gasteiger charge is 2.40. The van der Waals surface area contributed by atoms with E-state index < -0.39 is 73.7 Å². The van der Waals surface area contributed by atoms with E-state index in [0.717, 1.165) is 65.4 Å². The lowest BCUT2D eigenvalue weighted by Crippen LogP contribution is -2.40. The average molecular weight is 1530 g/mol. The predicted octanol–water partition coefficient (Wildman–Crippen LogP) is 11.0. The van der Waals surface area contributed by atoms with Crippen molar-refractivity contribution in [3.8, 4) is 48.4 Å². The van der Waals surface area contributed by atoms with Crippen molar-refractivity contribution in [3.63, 3.8) is 0 Å². The van der Waals surface area contributed by atoms with Crippen LogP contribution in [0.25, 0.3) is 0 Å². The third kappa shape index (κ3) is 18.7. The van der Waals surface area contributed by atoms with Gasteiger partial charge in [0, 0.05) is 72.7 Å². The Hall–Kier alpha value is -11.9. The van der Waals surface area contributed by atoms with Crippen LogP contribution in [0.4, 0.5) is 22.7 Å². The summed E-state index contributed by atoms with van der Waals surface area (Å²) in [6.45, 7) is 9.68. The van der Waals surface area contributed by atoms with Crippen LogP contribution in [0.15, 0.2) is 166 Å². The molecule has 24 nitrogen and oxygen atoms in total. The van der Waals surface area contributed by atoms with E-state index in [1.54, 1.807) is 66.3 Å². The van der Waals surface area contributed by atoms with E-state index in [2.05, 4.69) is 45.5 Å². The summed E-state index contributed by atoms with van der Waals surface area (Å²) < 4.78 is 32.1. The highest BCUT2D eigenvalue weighted by molar-refractivity contribution is 7.16. The van der Waals surface area contributed by atoms with Gasteiger partial charge in [0.05, 0.1) is 78.3 Å². The van der Waals surface area contributed by atoms with Crippen molar-refractivity contribution < 1.29 is 76.7 Å². The van der Waals surface area contributed by atoms with Crippen molar-refractivity contribution in [2.45, 2.75) is 73.5 Å². The number of aliphatic imine (C=N–C) groups is 4. The second kappa shape index (κ2) is 38.0. The van der Waals surface area contributed by atoms with Crippen LogP contribution in [-0.4, -0.2) is 165 Å². The van der Waals surface area contributed by atoms with Crippen LogP contribution in [0, 0.1) is 76.1 Å². The van der Waals surface area contributed by atoms with Crippen LogP contribution in [0.1, 0.15) is 108 Å². The number of rotatable bonds is 24. The third-order valence-electron chi connectivity index (χ3n) is 17.7. The van der Waals surface area contributed by atoms with Crippen LogP contribution in [0.3, 0.4) is 0 Å². The van der Waals surface area contributed by atoms with Gasteiger partial charge >= 0.3 is 11.9 Å². The molecular weight excluding hydrogens is 1450 g/mol. The molecule has 4 amide bonds. The molecule has 0 saturated heterocycles. The number of carbonyl (C=O) groups is 6. The van der Waals surface area contributed by atoms with Crippen LogP contribution in [-0.2, 0) is 76.7 Å². The van der Waals surface area contributed by atoms with Gasteiger partial charge in [0.1, 0.15) is 13.2 Å². The molecule has 2 aromatic heterocycles. The number of terminal acetylenes is 2. The monoisotopic (exact) mass is 1530 g/mol. The maximum Gasteiger partial charge on any atom is 0.342 e. The molecule has 12 rings (SSSR count). The number of benzene rings is 6. The summed E-state index contributed by atoms with van der Waals surface area (Å²) in [5.74, 6) is 13.4. The zero-order valence-electron chi connectivity index (χ0n) is 61.9. The molecule has 4 aliphatic heterocycles. The van der Waals surface area contributed by atoms with Gasteiger partial charge in [-0.05, 0) is 112 Å². The Kier molecular flexibility index (Phi) is 27.9. The molecule has 0 saturated carbocycles. The first-order valence-corrected chi connectivity index (χ1v) is 36.1. The number of fused-ring (bicyclic) bond motifs is 4. The molecule has 0 radical (unpaired) electrons. The molecule has 0 aliphatic carbocycles. The Balaban J connectivity index is 0.000000234. The number of amides is 4. The van der Waals surface area contributed by atoms with Crippen molar-refractivity contribution in [2.24, 2.45) is 20.0 Å². The molecule has 0 bridgehead atoms. The molecule has 0 fully saturated rings. The lowest BCUT2D eigenvalue weighted by atomic mass is 9.95. The lowest BCUT2D eigenvalue weighted by Gasteiger charge is -2.20. The van der Waals surface area contributed by atoms with Gasteiger partial charge in [-0.15, -0.1) is 47.4 Å². The van der Waals surface area contributed by atoms with Crippen molar-refractivity contribution in [1.82, 2.24) is 0 Å². The van der Waals surface area contributed by atoms with Gasteiger partial charge in [0.25, 0.3) is 36.1 Å². The topological polar surface area (TPSA) is 257 Å². The summed E-state index contributed by atoms with van der Waals surface area (Å²) in [6.07, 6.45) is 8.77. The molecule has 26 heteroatoms. The minimum Gasteiger partial charge on any atom is -0.436 e. The van der Waals surface area contributed by atoms with E-state index in [1.807, 2.05) is 149 Å². The van der Waals surface area contributed by atoms with Gasteiger partial charge in [-0.1, -0.05) is 128 Å². The molecule has 568 valence electrons. The number of ether oxygens (including phenoxy) is 6. The summed E-state index contributed by atoms with van der Waals surface area (Å²) in [5, 5.41) is 0. The fraction of sp³-hybridized carbons (Fsp3) is 0.271. The van der Waals surface area contributed by atoms with Crippen LogP contribution in [0.5, 0.6) is 0 Å². The molecule has 111 heavy (non-hydrogen) atoms. The van der Waals surface area contributed by atoms with Gasteiger partial charge in [-0.2, -0.15) is 9.78 Å². The fourth-order valence-corrected chi connectivity index (χ4v) is 14.1. The van der Waals surface area contributed by atoms with Crippen molar-refractivity contribution in [3.05, 3.63) is 232 Å². The number of carbonyl (C=O) groups excluding carboxylic acids is 6. The standard InChI is InChI=1S/C44H40N4O8.C40H36N4O8S2.CH4/c1-7-13-31-19-21-37-35(25-31)39(33-17-12-10-15-29(33)4)46-41(43(50)48(37)6)56-55-23-22-52-26-53-27-54-44(51)40-42(49)47(5)36-20-18-30(8-2)24-34(36)38(45-40)32-16-11-9-14-28(32)3;1-7-13-27-21-31-36(54-27)33(29-17-12-10-15-25(29)4)42-37(39(46)44(31)6)52-51-19-18-48-22-49-23-50-40(47)34-38(45)43(5)30-20-26(8-2)53-35(30)32(41-34)28-16-11-9-14-24(28)3;/h2,9-12,14-21,24-25,40-41H,22-23,26-27H2,1,3-6H3;2,9-12,14-17,20-21,34,37H,18-19,22-23H2,1,3-6H3;1H4. The zero-order valence-corrected chi connectivity index (χ0v) is 63.5. The van der Waals surface area contributed by atoms with Gasteiger partial charge in [-0.3, -0.25) is 29.2 Å². The minimum absolute atomic E-state index is 0. The van der Waals surface area contributed by atoms with Crippen molar-refractivity contribution >= 4 is 104 Å². The van der Waals surface area contributed by atoms with Gasteiger partial charge in [0.2, 0.25) is 12.1 Å². The molecular formula is C85H80N8O16S2. The lowest BCUT2D eigenvalue weighted by molar-refractivity contribution is -0.320. The number of benzodiazepines with no additional fused rings is 2. The number of anilines is 4. The van der Waals surface area contributed by atoms with Gasteiger partial charge in [0.15, 0.2) is 27.2 Å². The van der Waals surface area contributed by atoms with E-state index >= 15 is 0 Å². The van der Waals surface area contributed by atoms with Crippen molar-refractivity contribution in [1.29, 1.82) is 0 Å². The Morgan fingerprint density at radius 2 is 0.793 bits per heavy atom. The Morgan fingerprint density at radius 3 is 1.25 bits per heavy atom. The fourth-order valence-electron chi connectivity index (χ4n) is 12.0. The number of thiophene rings is 2. The number of aryl methyl sites for hydroxylation is 4. The summed E-state index contributed by atoms with van der Waals surface area (Å²) in [4.78, 5) is 129. The van der Waals surface area contributed by atoms with Crippen LogP contribution in [0.2, 0.25) is 0 Å². The maximum atomic E-state index is 13.5. The molecule has 0 N–H and O–H groups in total. The summed E-state index contributed by atoms with van der Waals surface area (Å²) in [5.41, 5.74) is 14.3. The van der Waals surface area contributed by atoms with Gasteiger partial charge in [-0.25, -0.2) is 29.3 Å². The zero-order chi connectivity index (χ0) is 78.1. The molecule has 4 atom stereocenters. The molecule has 4 aliphatic rings. The van der Waals surface area contributed by atoms with Crippen molar-refractivity contribution in [2.75, 3.05) is 101 Å². The average Bonchev–Trinajstić information content (AvgIpc) is 1.67. The molecule has 8 aromatic rings. The summed E-state index contributed by atoms with van der Waals surface area (Å²) in [6, 6.07) is 42.1. The third-order valence-corrected chi connectivity index (χ3v) is 19.9. The number of hydrogen-bond acceptors (Lipinski definition) is 22. The van der Waals surface area contributed by atoms with E-state index in [1.165, 1.54) is 42.3 Å². The maximum absolute atomic E-state index is 13.5. The van der Waals surface area contributed by atoms with E-state index in [0.29, 0.717) is 66.5 Å². The van der Waals surface area contributed by atoms with E-state index in [-0.39, 0.29) is 47.4 Å². The minimum atomic E-state index is -1.49. The Morgan fingerprint density at radius 1 is 0.414 bits per heavy atom. The molecule has 4 unspecified atom stereocenters. The van der Waals surface area contributed by atoms with Crippen LogP contribution < -0.4 is 19.6 Å². The quantitative estimate of drug-likeness (QED) is 0.0104. The second-order valence-corrected chi connectivity index (χ2v) is 27.0. The normalized spacial score (nSPS) is 16.3. The van der Waals surface area contributed by atoms with E-state index in [4.69, 9.17) is 70.8 Å². The highest BCUT2D eigenvalue weighted by Crippen LogP contribution is 2.39. The Bertz CT molecular complexity index is 5230. The number of hydrogen-bond donors (Lipinski definition) is 0. The number of likely N-dealkylation sites (N-methyl/N-ethyl adjacent to an activating group) is 4. The summed E-state index contributed by atoms with van der Waals surface area (Å²) >= 11 is 2.77. The second-order valence-electron chi connectivity index (χ2n) is 24.9. The smallest absolute Gasteiger partial charge is 0.342 e. The van der Waals surface area contributed by atoms with E-state index in [9.17, 15) is 28.8 Å². The SMILES string of the molecule is C.C#Cc1cc2c(s1)C(c1ccccc1C)=NC(C(=O)OCOCOCCOOC1N=C(c3ccccc3C)c3sc(C#CC)cc3N(C)C1=O)C(=O)N2C.C#Cc1ccc2c(c1)C(c1ccccc1C)=NC(C(=O)OCOCOCCOOC1N=C(c3ccccc3C)c3cc(C#CC)ccc3N(C)C1=O)C(=O)N2C. The first kappa shape index (κ1) is 81.7. The molecule has 0 spiro atoms. The first-order valence-electron chi connectivity index (χ1n) is 34.5. The molecule has 6 heterocycles.